The van der Waals surface area contributed by atoms with Crippen molar-refractivity contribution < 1.29 is 4.92 Å². The zero-order chi connectivity index (χ0) is 15.4. The van der Waals surface area contributed by atoms with E-state index in [0.717, 1.165) is 16.6 Å². The average Bonchev–Trinajstić information content (AvgIpc) is 2.83. The van der Waals surface area contributed by atoms with E-state index in [1.165, 1.54) is 10.9 Å². The van der Waals surface area contributed by atoms with Crippen LogP contribution in [0.4, 0.5) is 11.4 Å². The number of thiophene rings is 1. The Morgan fingerprint density at radius 1 is 1.43 bits per heavy atom. The highest BCUT2D eigenvalue weighted by Crippen LogP contribution is 2.26. The number of benzene rings is 1. The molecule has 2 aromatic rings. The standard InChI is InChI=1S/C13H15BrN4O2S/c1-17(7-11-5-10(14)8-21-11)6-9-2-3-13(18(19)20)12(4-9)16-15/h2-5,8,16H,6-7,15H2,1H3. The van der Waals surface area contributed by atoms with Crippen LogP contribution in [0, 0.1) is 10.1 Å². The van der Waals surface area contributed by atoms with E-state index in [9.17, 15) is 10.1 Å². The maximum absolute atomic E-state index is 10.9. The highest BCUT2D eigenvalue weighted by molar-refractivity contribution is 9.10. The van der Waals surface area contributed by atoms with Crippen LogP contribution >= 0.6 is 27.3 Å². The third kappa shape index (κ3) is 4.24. The lowest BCUT2D eigenvalue weighted by atomic mass is 10.1. The van der Waals surface area contributed by atoms with E-state index < -0.39 is 4.92 Å². The molecule has 1 aromatic carbocycles. The number of nitrogen functional groups attached to an aromatic ring is 1. The SMILES string of the molecule is CN(Cc1ccc([N+](=O)[O-])c(NN)c1)Cc1cc(Br)cs1. The van der Waals surface area contributed by atoms with Gasteiger partial charge < -0.3 is 5.43 Å². The van der Waals surface area contributed by atoms with Gasteiger partial charge in [-0.05, 0) is 40.7 Å². The Balaban J connectivity index is 2.06. The maximum Gasteiger partial charge on any atom is 0.293 e. The van der Waals surface area contributed by atoms with Crippen molar-refractivity contribution in [3.8, 4) is 0 Å². The molecule has 0 aliphatic carbocycles. The lowest BCUT2D eigenvalue weighted by Crippen LogP contribution is -2.17. The fourth-order valence-electron chi connectivity index (χ4n) is 2.03. The van der Waals surface area contributed by atoms with E-state index in [4.69, 9.17) is 5.84 Å². The quantitative estimate of drug-likeness (QED) is 0.462. The first-order valence-electron chi connectivity index (χ1n) is 6.15. The molecule has 8 heteroatoms. The minimum Gasteiger partial charge on any atom is -0.318 e. The smallest absolute Gasteiger partial charge is 0.293 e. The largest absolute Gasteiger partial charge is 0.318 e. The second-order valence-corrected chi connectivity index (χ2v) is 6.57. The van der Waals surface area contributed by atoms with Crippen molar-refractivity contribution in [3.05, 3.63) is 54.7 Å². The van der Waals surface area contributed by atoms with E-state index in [1.54, 1.807) is 23.5 Å². The molecule has 0 unspecified atom stereocenters. The summed E-state index contributed by atoms with van der Waals surface area (Å²) >= 11 is 5.13. The fourth-order valence-corrected chi connectivity index (χ4v) is 3.56. The van der Waals surface area contributed by atoms with Crippen molar-refractivity contribution in [2.24, 2.45) is 5.84 Å². The maximum atomic E-state index is 10.9. The fraction of sp³-hybridized carbons (Fsp3) is 0.231. The topological polar surface area (TPSA) is 84.4 Å². The van der Waals surface area contributed by atoms with Gasteiger partial charge in [0.2, 0.25) is 0 Å². The summed E-state index contributed by atoms with van der Waals surface area (Å²) in [5.74, 6) is 5.34. The van der Waals surface area contributed by atoms with Gasteiger partial charge >= 0.3 is 0 Å². The lowest BCUT2D eigenvalue weighted by Gasteiger charge is -2.16. The Kier molecular flexibility index (Phi) is 5.29. The first-order valence-corrected chi connectivity index (χ1v) is 7.82. The first kappa shape index (κ1) is 15.9. The molecule has 0 aliphatic heterocycles. The van der Waals surface area contributed by atoms with Gasteiger partial charge in [-0.2, -0.15) is 0 Å². The molecule has 0 atom stereocenters. The van der Waals surface area contributed by atoms with Crippen molar-refractivity contribution in [2.45, 2.75) is 13.1 Å². The molecule has 6 nitrogen and oxygen atoms in total. The van der Waals surface area contributed by atoms with E-state index in [2.05, 4.69) is 32.3 Å². The van der Waals surface area contributed by atoms with E-state index in [1.807, 2.05) is 12.4 Å². The molecular weight excluding hydrogens is 356 g/mol. The average molecular weight is 371 g/mol. The molecular formula is C13H15BrN4O2S. The van der Waals surface area contributed by atoms with Gasteiger partial charge in [-0.3, -0.25) is 20.9 Å². The van der Waals surface area contributed by atoms with Crippen molar-refractivity contribution in [3.63, 3.8) is 0 Å². The molecule has 0 amide bonds. The van der Waals surface area contributed by atoms with Crippen LogP contribution in [0.15, 0.2) is 34.1 Å². The summed E-state index contributed by atoms with van der Waals surface area (Å²) in [5, 5.41) is 12.9. The van der Waals surface area contributed by atoms with E-state index in [0.29, 0.717) is 12.2 Å². The summed E-state index contributed by atoms with van der Waals surface area (Å²) in [6.45, 7) is 1.50. The second kappa shape index (κ2) is 6.99. The molecule has 1 heterocycles. The number of nitrogens with two attached hydrogens (primary N) is 1. The van der Waals surface area contributed by atoms with Gasteiger partial charge in [-0.15, -0.1) is 11.3 Å². The Morgan fingerprint density at radius 3 is 2.76 bits per heavy atom. The van der Waals surface area contributed by atoms with E-state index in [-0.39, 0.29) is 5.69 Å². The summed E-state index contributed by atoms with van der Waals surface area (Å²) in [4.78, 5) is 13.8. The Morgan fingerprint density at radius 2 is 2.19 bits per heavy atom. The van der Waals surface area contributed by atoms with Gasteiger partial charge in [0.05, 0.1) is 4.92 Å². The summed E-state index contributed by atoms with van der Waals surface area (Å²) in [5.41, 5.74) is 3.65. The number of halogens is 1. The Labute approximate surface area is 134 Å². The van der Waals surface area contributed by atoms with Crippen LogP contribution in [-0.4, -0.2) is 16.9 Å². The summed E-state index contributed by atoms with van der Waals surface area (Å²) in [6.07, 6.45) is 0. The molecule has 3 N–H and O–H groups in total. The van der Waals surface area contributed by atoms with Gasteiger partial charge in [0, 0.05) is 33.9 Å². The predicted molar refractivity (Wildman–Crippen MR) is 88.1 cm³/mol. The van der Waals surface area contributed by atoms with Crippen LogP contribution in [0.5, 0.6) is 0 Å². The highest BCUT2D eigenvalue weighted by atomic mass is 79.9. The molecule has 112 valence electrons. The minimum absolute atomic E-state index is 0.0221. The summed E-state index contributed by atoms with van der Waals surface area (Å²) in [7, 11) is 2.00. The molecule has 0 spiro atoms. The van der Waals surface area contributed by atoms with Crippen LogP contribution < -0.4 is 11.3 Å². The molecule has 0 radical (unpaired) electrons. The molecule has 0 saturated carbocycles. The molecule has 1 aromatic heterocycles. The van der Waals surface area contributed by atoms with E-state index >= 15 is 0 Å². The number of anilines is 1. The van der Waals surface area contributed by atoms with Crippen molar-refractivity contribution in [1.29, 1.82) is 0 Å². The Hall–Kier alpha value is -1.48. The van der Waals surface area contributed by atoms with Crippen molar-refractivity contribution in [1.82, 2.24) is 4.90 Å². The van der Waals surface area contributed by atoms with Crippen molar-refractivity contribution >= 4 is 38.6 Å². The summed E-state index contributed by atoms with van der Waals surface area (Å²) < 4.78 is 1.08. The number of nitrogens with zero attached hydrogens (tertiary/aromatic N) is 2. The number of hydrazine groups is 1. The number of nitrogens with one attached hydrogen (secondary N) is 1. The van der Waals surface area contributed by atoms with Gasteiger partial charge in [0.25, 0.3) is 5.69 Å². The number of rotatable bonds is 6. The van der Waals surface area contributed by atoms with Gasteiger partial charge in [0.15, 0.2) is 0 Å². The first-order chi connectivity index (χ1) is 9.99. The number of nitro groups is 1. The highest BCUT2D eigenvalue weighted by Gasteiger charge is 2.14. The third-order valence-electron chi connectivity index (χ3n) is 2.91. The minimum atomic E-state index is -0.453. The zero-order valence-electron chi connectivity index (χ0n) is 11.4. The number of hydrogen-bond donors (Lipinski definition) is 2. The lowest BCUT2D eigenvalue weighted by molar-refractivity contribution is -0.384. The van der Waals surface area contributed by atoms with Crippen LogP contribution in [-0.2, 0) is 13.1 Å². The second-order valence-electron chi connectivity index (χ2n) is 4.66. The van der Waals surface area contributed by atoms with Crippen LogP contribution in [0.25, 0.3) is 0 Å². The molecule has 21 heavy (non-hydrogen) atoms. The summed E-state index contributed by atoms with van der Waals surface area (Å²) in [6, 6.07) is 7.02. The van der Waals surface area contributed by atoms with Gasteiger partial charge in [-0.25, -0.2) is 0 Å². The normalized spacial score (nSPS) is 10.9. The number of nitro benzene ring substituents is 1. The number of hydrogen-bond acceptors (Lipinski definition) is 6. The monoisotopic (exact) mass is 370 g/mol. The zero-order valence-corrected chi connectivity index (χ0v) is 13.8. The molecule has 0 saturated heterocycles. The third-order valence-corrected chi connectivity index (χ3v) is 4.60. The molecule has 0 bridgehead atoms. The van der Waals surface area contributed by atoms with Crippen molar-refractivity contribution in [2.75, 3.05) is 12.5 Å². The van der Waals surface area contributed by atoms with Gasteiger partial charge in [0.1, 0.15) is 5.69 Å². The Bertz CT molecular complexity index is 647. The molecule has 0 aliphatic rings. The van der Waals surface area contributed by atoms with Crippen LogP contribution in [0.2, 0.25) is 0 Å². The predicted octanol–water partition coefficient (Wildman–Crippen LogP) is 3.34. The van der Waals surface area contributed by atoms with Crippen LogP contribution in [0.3, 0.4) is 0 Å². The van der Waals surface area contributed by atoms with Gasteiger partial charge in [-0.1, -0.05) is 6.07 Å². The molecule has 2 rings (SSSR count). The molecule has 0 fully saturated rings. The van der Waals surface area contributed by atoms with Crippen LogP contribution in [0.1, 0.15) is 10.4 Å².